The maximum atomic E-state index is 12.1. The summed E-state index contributed by atoms with van der Waals surface area (Å²) in [6.45, 7) is 4.49. The lowest BCUT2D eigenvalue weighted by molar-refractivity contribution is -0.164. The fraction of sp³-hybridized carbons (Fsp3) is 0.778. The van der Waals surface area contributed by atoms with Gasteiger partial charge in [-0.25, -0.2) is 4.79 Å². The molecule has 40 heavy (non-hydrogen) atoms. The van der Waals surface area contributed by atoms with Crippen molar-refractivity contribution >= 4 is 11.9 Å². The van der Waals surface area contributed by atoms with E-state index in [9.17, 15) is 14.7 Å². The maximum absolute atomic E-state index is 12.1. The van der Waals surface area contributed by atoms with E-state index in [0.29, 0.717) is 12.8 Å². The Morgan fingerprint density at radius 1 is 0.550 bits per heavy atom. The lowest BCUT2D eigenvalue weighted by Crippen LogP contribution is -2.27. The van der Waals surface area contributed by atoms with Gasteiger partial charge in [-0.1, -0.05) is 127 Å². The first-order valence-electron chi connectivity index (χ1n) is 17.0. The van der Waals surface area contributed by atoms with Crippen molar-refractivity contribution in [2.75, 3.05) is 0 Å². The topological polar surface area (TPSA) is 63.6 Å². The van der Waals surface area contributed by atoms with E-state index < -0.39 is 12.1 Å². The number of carbonyl (C=O) groups excluding carboxylic acids is 1. The zero-order chi connectivity index (χ0) is 29.4. The van der Waals surface area contributed by atoms with Crippen LogP contribution in [-0.2, 0) is 14.3 Å². The zero-order valence-corrected chi connectivity index (χ0v) is 26.4. The second kappa shape index (κ2) is 31.7. The number of ether oxygens (including phenoxy) is 1. The molecule has 0 saturated carbocycles. The fourth-order valence-corrected chi connectivity index (χ4v) is 4.75. The van der Waals surface area contributed by atoms with Gasteiger partial charge >= 0.3 is 11.9 Å². The molecule has 0 aliphatic heterocycles. The van der Waals surface area contributed by atoms with Crippen LogP contribution in [0.3, 0.4) is 0 Å². The first-order chi connectivity index (χ1) is 19.6. The van der Waals surface area contributed by atoms with Gasteiger partial charge in [-0.05, 0) is 77.0 Å². The largest absolute Gasteiger partial charge is 0.479 e. The molecule has 0 aromatic heterocycles. The van der Waals surface area contributed by atoms with Crippen LogP contribution < -0.4 is 0 Å². The lowest BCUT2D eigenvalue weighted by Gasteiger charge is -2.13. The highest BCUT2D eigenvalue weighted by Gasteiger charge is 2.21. The van der Waals surface area contributed by atoms with Crippen molar-refractivity contribution in [1.82, 2.24) is 0 Å². The molecule has 0 spiro atoms. The van der Waals surface area contributed by atoms with Crippen molar-refractivity contribution in [2.45, 2.75) is 180 Å². The monoisotopic (exact) mass is 560 g/mol. The van der Waals surface area contributed by atoms with Crippen molar-refractivity contribution in [3.8, 4) is 0 Å². The number of carboxylic acid groups (broad SMARTS) is 1. The van der Waals surface area contributed by atoms with Crippen molar-refractivity contribution in [3.05, 3.63) is 36.5 Å². The van der Waals surface area contributed by atoms with Crippen LogP contribution in [0.1, 0.15) is 174 Å². The molecule has 1 atom stereocenters. The molecule has 4 heteroatoms. The van der Waals surface area contributed by atoms with Crippen LogP contribution >= 0.6 is 0 Å². The number of allylic oxidation sites excluding steroid dienone is 6. The second-order valence-electron chi connectivity index (χ2n) is 11.3. The minimum absolute atomic E-state index is 0.319. The third-order valence-electron chi connectivity index (χ3n) is 7.36. The van der Waals surface area contributed by atoms with Gasteiger partial charge < -0.3 is 9.84 Å². The number of carbonyl (C=O) groups is 2. The van der Waals surface area contributed by atoms with Crippen molar-refractivity contribution < 1.29 is 19.4 Å². The summed E-state index contributed by atoms with van der Waals surface area (Å²) in [7, 11) is 0. The molecular formula is C36H64O4. The average Bonchev–Trinajstić information content (AvgIpc) is 2.94. The third kappa shape index (κ3) is 29.2. The Hall–Kier alpha value is -1.84. The van der Waals surface area contributed by atoms with Gasteiger partial charge in [-0.3, -0.25) is 4.79 Å². The molecule has 0 saturated heterocycles. The van der Waals surface area contributed by atoms with Crippen LogP contribution in [0.5, 0.6) is 0 Å². The molecule has 0 rings (SSSR count). The Morgan fingerprint density at radius 2 is 0.950 bits per heavy atom. The smallest absolute Gasteiger partial charge is 0.345 e. The zero-order valence-electron chi connectivity index (χ0n) is 26.4. The van der Waals surface area contributed by atoms with Crippen LogP contribution in [0.2, 0.25) is 0 Å². The quantitative estimate of drug-likeness (QED) is 0.0539. The number of unbranched alkanes of at least 4 members (excludes halogenated alkanes) is 18. The molecule has 0 radical (unpaired) electrons. The molecule has 0 aromatic rings. The van der Waals surface area contributed by atoms with Gasteiger partial charge in [0.05, 0.1) is 0 Å². The Bertz CT molecular complexity index is 649. The second-order valence-corrected chi connectivity index (χ2v) is 11.3. The first kappa shape index (κ1) is 38.2. The highest BCUT2D eigenvalue weighted by Crippen LogP contribution is 2.14. The van der Waals surface area contributed by atoms with Crippen LogP contribution in [0, 0.1) is 0 Å². The molecule has 4 nitrogen and oxygen atoms in total. The van der Waals surface area contributed by atoms with E-state index in [-0.39, 0.29) is 5.97 Å². The highest BCUT2D eigenvalue weighted by molar-refractivity contribution is 5.77. The standard InChI is InChI=1S/C36H64O4/c1-3-5-7-9-11-13-15-17-19-21-23-25-27-29-31-33-35(37)40-34(36(38)39)32-30-28-26-24-22-20-18-16-14-12-10-8-6-4-2/h11,13,17-20,34H,3-10,12,14-16,21-33H2,1-2H3,(H,38,39)/b13-11-,19-17-,20-18-. The highest BCUT2D eigenvalue weighted by atomic mass is 16.6. The Kier molecular flexibility index (Phi) is 30.2. The molecule has 0 aliphatic carbocycles. The Balaban J connectivity index is 3.66. The van der Waals surface area contributed by atoms with Gasteiger partial charge in [0, 0.05) is 6.42 Å². The van der Waals surface area contributed by atoms with Gasteiger partial charge in [0.1, 0.15) is 0 Å². The maximum Gasteiger partial charge on any atom is 0.345 e. The summed E-state index contributed by atoms with van der Waals surface area (Å²) in [5.74, 6) is -1.39. The number of hydrogen-bond acceptors (Lipinski definition) is 3. The van der Waals surface area contributed by atoms with Crippen molar-refractivity contribution in [3.63, 3.8) is 0 Å². The van der Waals surface area contributed by atoms with Crippen molar-refractivity contribution in [2.24, 2.45) is 0 Å². The molecule has 0 aliphatic rings. The van der Waals surface area contributed by atoms with Gasteiger partial charge in [-0.2, -0.15) is 0 Å². The van der Waals surface area contributed by atoms with E-state index in [4.69, 9.17) is 4.74 Å². The van der Waals surface area contributed by atoms with Gasteiger partial charge in [0.15, 0.2) is 6.10 Å². The molecular weight excluding hydrogens is 496 g/mol. The van der Waals surface area contributed by atoms with E-state index in [2.05, 4.69) is 50.3 Å². The number of esters is 1. The number of hydrogen-bond donors (Lipinski definition) is 1. The molecule has 0 heterocycles. The molecule has 0 bridgehead atoms. The molecule has 0 fully saturated rings. The van der Waals surface area contributed by atoms with Gasteiger partial charge in [0.25, 0.3) is 0 Å². The van der Waals surface area contributed by atoms with E-state index in [1.807, 2.05) is 0 Å². The molecule has 0 amide bonds. The number of rotatable bonds is 30. The molecule has 0 aromatic carbocycles. The fourth-order valence-electron chi connectivity index (χ4n) is 4.75. The third-order valence-corrected chi connectivity index (χ3v) is 7.36. The first-order valence-corrected chi connectivity index (χ1v) is 17.0. The predicted molar refractivity (Wildman–Crippen MR) is 172 cm³/mol. The minimum atomic E-state index is -1.02. The van der Waals surface area contributed by atoms with Crippen LogP contribution in [-0.4, -0.2) is 23.1 Å². The van der Waals surface area contributed by atoms with Crippen LogP contribution in [0.15, 0.2) is 36.5 Å². The minimum Gasteiger partial charge on any atom is -0.479 e. The van der Waals surface area contributed by atoms with Crippen LogP contribution in [0.4, 0.5) is 0 Å². The number of aliphatic carboxylic acids is 1. The summed E-state index contributed by atoms with van der Waals surface area (Å²) in [6, 6.07) is 0. The summed E-state index contributed by atoms with van der Waals surface area (Å²) >= 11 is 0. The van der Waals surface area contributed by atoms with Gasteiger partial charge in [0.2, 0.25) is 0 Å². The lowest BCUT2D eigenvalue weighted by atomic mass is 10.1. The Morgan fingerprint density at radius 3 is 1.48 bits per heavy atom. The Labute approximate surface area is 248 Å². The summed E-state index contributed by atoms with van der Waals surface area (Å²) in [5.41, 5.74) is 0. The SMILES string of the molecule is CCCCC/C=C\C/C=C\CCCCCCCC(=O)OC(CCCCCC/C=C\CCCCCCCC)C(=O)O. The van der Waals surface area contributed by atoms with E-state index in [0.717, 1.165) is 64.2 Å². The van der Waals surface area contributed by atoms with Crippen molar-refractivity contribution in [1.29, 1.82) is 0 Å². The summed E-state index contributed by atoms with van der Waals surface area (Å²) in [5, 5.41) is 9.43. The van der Waals surface area contributed by atoms with Crippen LogP contribution in [0.25, 0.3) is 0 Å². The molecule has 1 N–H and O–H groups in total. The van der Waals surface area contributed by atoms with E-state index in [1.165, 1.54) is 83.5 Å². The van der Waals surface area contributed by atoms with E-state index >= 15 is 0 Å². The predicted octanol–water partition coefficient (Wildman–Crippen LogP) is 11.4. The summed E-state index contributed by atoms with van der Waals surface area (Å²) in [4.78, 5) is 23.6. The van der Waals surface area contributed by atoms with E-state index in [1.54, 1.807) is 0 Å². The normalized spacial score (nSPS) is 12.7. The summed E-state index contributed by atoms with van der Waals surface area (Å²) < 4.78 is 5.28. The number of carboxylic acids is 1. The van der Waals surface area contributed by atoms with Gasteiger partial charge in [-0.15, -0.1) is 0 Å². The summed E-state index contributed by atoms with van der Waals surface area (Å²) in [6.07, 6.45) is 40.2. The molecule has 232 valence electrons. The average molecular weight is 561 g/mol. The molecule has 1 unspecified atom stereocenters.